The minimum Gasteiger partial charge on any atom is -0.465 e. The van der Waals surface area contributed by atoms with Crippen molar-refractivity contribution in [1.82, 2.24) is 9.97 Å². The summed E-state index contributed by atoms with van der Waals surface area (Å²) in [5, 5.41) is 3.82. The van der Waals surface area contributed by atoms with Gasteiger partial charge < -0.3 is 20.5 Å². The van der Waals surface area contributed by atoms with Gasteiger partial charge in [0.25, 0.3) is 0 Å². The molecule has 1 heterocycles. The van der Waals surface area contributed by atoms with Crippen LogP contribution in [0, 0.1) is 0 Å². The molecule has 8 heteroatoms. The maximum atomic E-state index is 11.5. The molecule has 0 bridgehead atoms. The van der Waals surface area contributed by atoms with Gasteiger partial charge in [0.1, 0.15) is 17.8 Å². The Balaban J connectivity index is 1.70. The number of hydrogen-bond donors (Lipinski definition) is 2. The lowest BCUT2D eigenvalue weighted by Gasteiger charge is -2.12. The topological polar surface area (TPSA) is 99.4 Å². The van der Waals surface area contributed by atoms with Gasteiger partial charge in [-0.1, -0.05) is 23.7 Å². The van der Waals surface area contributed by atoms with Gasteiger partial charge in [-0.15, -0.1) is 0 Å². The molecule has 1 aromatic heterocycles. The molecule has 0 fully saturated rings. The van der Waals surface area contributed by atoms with Crippen molar-refractivity contribution in [2.75, 3.05) is 18.2 Å². The second-order valence-corrected chi connectivity index (χ2v) is 5.98. The van der Waals surface area contributed by atoms with E-state index in [1.54, 1.807) is 24.3 Å². The number of benzene rings is 2. The number of halogens is 1. The van der Waals surface area contributed by atoms with Crippen LogP contribution in [-0.2, 0) is 11.3 Å². The lowest BCUT2D eigenvalue weighted by Crippen LogP contribution is -2.06. The van der Waals surface area contributed by atoms with E-state index in [1.165, 1.54) is 13.4 Å². The zero-order valence-electron chi connectivity index (χ0n) is 14.5. The molecular weight excluding hydrogens is 368 g/mol. The monoisotopic (exact) mass is 384 g/mol. The standard InChI is InChI=1S/C19H17ClN4O3/c1-26-19(25)13-4-8-15(9-5-13)27-18-16(21)17(23-11-24-18)22-10-12-2-6-14(20)7-3-12/h2-9,11H,10,21H2,1H3,(H,22,23,24). The Morgan fingerprint density at radius 3 is 2.48 bits per heavy atom. The molecule has 7 nitrogen and oxygen atoms in total. The van der Waals surface area contributed by atoms with Gasteiger partial charge in [-0.05, 0) is 42.0 Å². The number of methoxy groups -OCH3 is 1. The van der Waals surface area contributed by atoms with Crippen LogP contribution in [0.25, 0.3) is 0 Å². The Labute approximate surface area is 161 Å². The zero-order valence-corrected chi connectivity index (χ0v) is 15.2. The molecule has 0 unspecified atom stereocenters. The summed E-state index contributed by atoms with van der Waals surface area (Å²) in [7, 11) is 1.33. The summed E-state index contributed by atoms with van der Waals surface area (Å²) in [6, 6.07) is 13.9. The van der Waals surface area contributed by atoms with E-state index in [0.717, 1.165) is 5.56 Å². The van der Waals surface area contributed by atoms with Gasteiger partial charge in [0.2, 0.25) is 5.88 Å². The van der Waals surface area contributed by atoms with Crippen LogP contribution in [0.3, 0.4) is 0 Å². The third-order valence-corrected chi connectivity index (χ3v) is 3.96. The van der Waals surface area contributed by atoms with E-state index in [0.29, 0.717) is 28.7 Å². The second-order valence-electron chi connectivity index (χ2n) is 5.54. The number of nitrogen functional groups attached to an aromatic ring is 1. The molecule has 3 aromatic rings. The second kappa shape index (κ2) is 8.37. The number of rotatable bonds is 6. The number of esters is 1. The summed E-state index contributed by atoms with van der Waals surface area (Å²) >= 11 is 5.88. The van der Waals surface area contributed by atoms with Gasteiger partial charge in [0.05, 0.1) is 12.7 Å². The van der Waals surface area contributed by atoms with Crippen LogP contribution in [0.4, 0.5) is 11.5 Å². The maximum Gasteiger partial charge on any atom is 0.337 e. The van der Waals surface area contributed by atoms with Crippen LogP contribution in [0.1, 0.15) is 15.9 Å². The smallest absolute Gasteiger partial charge is 0.337 e. The third-order valence-electron chi connectivity index (χ3n) is 3.71. The Kier molecular flexibility index (Phi) is 5.73. The summed E-state index contributed by atoms with van der Waals surface area (Å²) in [6.07, 6.45) is 1.36. The highest BCUT2D eigenvalue weighted by Gasteiger charge is 2.11. The van der Waals surface area contributed by atoms with Crippen molar-refractivity contribution in [3.8, 4) is 11.6 Å². The highest BCUT2D eigenvalue weighted by atomic mass is 35.5. The number of ether oxygens (including phenoxy) is 2. The van der Waals surface area contributed by atoms with Crippen LogP contribution in [0.5, 0.6) is 11.6 Å². The first-order valence-corrected chi connectivity index (χ1v) is 8.39. The van der Waals surface area contributed by atoms with Gasteiger partial charge >= 0.3 is 5.97 Å². The largest absolute Gasteiger partial charge is 0.465 e. The maximum absolute atomic E-state index is 11.5. The lowest BCUT2D eigenvalue weighted by atomic mass is 10.2. The molecule has 0 aliphatic rings. The van der Waals surface area contributed by atoms with E-state index in [2.05, 4.69) is 20.0 Å². The molecule has 0 amide bonds. The Hall–Kier alpha value is -3.32. The molecule has 0 aliphatic heterocycles. The molecule has 2 aromatic carbocycles. The molecule has 0 saturated heterocycles. The molecule has 3 N–H and O–H groups in total. The van der Waals surface area contributed by atoms with Crippen molar-refractivity contribution in [3.63, 3.8) is 0 Å². The summed E-state index contributed by atoms with van der Waals surface area (Å²) in [6.45, 7) is 0.519. The first-order valence-electron chi connectivity index (χ1n) is 8.02. The number of nitrogens with one attached hydrogen (secondary N) is 1. The minimum absolute atomic E-state index is 0.217. The molecular formula is C19H17ClN4O3. The van der Waals surface area contributed by atoms with E-state index in [1.807, 2.05) is 24.3 Å². The van der Waals surface area contributed by atoms with Crippen molar-refractivity contribution in [3.05, 3.63) is 71.0 Å². The molecule has 3 rings (SSSR count). The zero-order chi connectivity index (χ0) is 19.2. The lowest BCUT2D eigenvalue weighted by molar-refractivity contribution is 0.0600. The molecule has 138 valence electrons. The number of anilines is 2. The van der Waals surface area contributed by atoms with Crippen LogP contribution in [0.15, 0.2) is 54.9 Å². The molecule has 0 radical (unpaired) electrons. The number of aromatic nitrogens is 2. The normalized spacial score (nSPS) is 10.3. The quantitative estimate of drug-likeness (QED) is 0.621. The van der Waals surface area contributed by atoms with E-state index in [-0.39, 0.29) is 11.6 Å². The third kappa shape index (κ3) is 4.65. The average molecular weight is 385 g/mol. The van der Waals surface area contributed by atoms with Crippen molar-refractivity contribution < 1.29 is 14.3 Å². The SMILES string of the molecule is COC(=O)c1ccc(Oc2ncnc(NCc3ccc(Cl)cc3)c2N)cc1. The molecule has 0 spiro atoms. The van der Waals surface area contributed by atoms with Gasteiger partial charge in [0, 0.05) is 11.6 Å². The number of carbonyl (C=O) groups is 1. The van der Waals surface area contributed by atoms with Gasteiger partial charge in [-0.3, -0.25) is 0 Å². The van der Waals surface area contributed by atoms with Gasteiger partial charge in [-0.25, -0.2) is 9.78 Å². The first-order chi connectivity index (χ1) is 13.1. The number of carbonyl (C=O) groups excluding carboxylic acids is 1. The van der Waals surface area contributed by atoms with E-state index < -0.39 is 5.97 Å². The molecule has 0 saturated carbocycles. The van der Waals surface area contributed by atoms with Gasteiger partial charge in [-0.2, -0.15) is 4.98 Å². The fourth-order valence-electron chi connectivity index (χ4n) is 2.28. The van der Waals surface area contributed by atoms with Crippen LogP contribution in [-0.4, -0.2) is 23.0 Å². The van der Waals surface area contributed by atoms with Crippen molar-refractivity contribution in [2.45, 2.75) is 6.54 Å². The van der Waals surface area contributed by atoms with E-state index in [9.17, 15) is 4.79 Å². The molecule has 0 aliphatic carbocycles. The minimum atomic E-state index is -0.420. The number of hydrogen-bond acceptors (Lipinski definition) is 7. The summed E-state index contributed by atoms with van der Waals surface area (Å²) in [5.74, 6) is 0.740. The Morgan fingerprint density at radius 2 is 1.81 bits per heavy atom. The predicted octanol–water partition coefficient (Wildman–Crippen LogP) is 3.90. The molecule has 0 atom stereocenters. The average Bonchev–Trinajstić information content (AvgIpc) is 2.70. The van der Waals surface area contributed by atoms with E-state index >= 15 is 0 Å². The Morgan fingerprint density at radius 1 is 1.11 bits per heavy atom. The summed E-state index contributed by atoms with van der Waals surface area (Å²) < 4.78 is 10.4. The fourth-order valence-corrected chi connectivity index (χ4v) is 2.40. The van der Waals surface area contributed by atoms with E-state index in [4.69, 9.17) is 22.1 Å². The van der Waals surface area contributed by atoms with Crippen molar-refractivity contribution >= 4 is 29.1 Å². The van der Waals surface area contributed by atoms with Crippen LogP contribution >= 0.6 is 11.6 Å². The van der Waals surface area contributed by atoms with Crippen LogP contribution in [0.2, 0.25) is 5.02 Å². The predicted molar refractivity (Wildman–Crippen MR) is 103 cm³/mol. The molecule has 27 heavy (non-hydrogen) atoms. The number of nitrogens with two attached hydrogens (primary N) is 1. The Bertz CT molecular complexity index is 931. The van der Waals surface area contributed by atoms with Crippen LogP contribution < -0.4 is 15.8 Å². The van der Waals surface area contributed by atoms with Crippen molar-refractivity contribution in [2.24, 2.45) is 0 Å². The first kappa shape index (κ1) is 18.5. The highest BCUT2D eigenvalue weighted by molar-refractivity contribution is 6.30. The highest BCUT2D eigenvalue weighted by Crippen LogP contribution is 2.29. The van der Waals surface area contributed by atoms with Crippen molar-refractivity contribution in [1.29, 1.82) is 0 Å². The number of nitrogens with zero attached hydrogens (tertiary/aromatic N) is 2. The summed E-state index contributed by atoms with van der Waals surface area (Å²) in [5.41, 5.74) is 7.84. The summed E-state index contributed by atoms with van der Waals surface area (Å²) in [4.78, 5) is 19.7. The van der Waals surface area contributed by atoms with Gasteiger partial charge in [0.15, 0.2) is 5.82 Å². The fraction of sp³-hybridized carbons (Fsp3) is 0.105.